The van der Waals surface area contributed by atoms with Gasteiger partial charge in [-0.25, -0.2) is 0 Å². The van der Waals surface area contributed by atoms with E-state index in [0.717, 1.165) is 29.8 Å². The van der Waals surface area contributed by atoms with Crippen molar-refractivity contribution in [3.63, 3.8) is 0 Å². The largest absolute Gasteiger partial charge is 0.343 e. The molecule has 0 bridgehead atoms. The zero-order valence-electron chi connectivity index (χ0n) is 12.3. The molecule has 108 valence electrons. The summed E-state index contributed by atoms with van der Waals surface area (Å²) >= 11 is 0. The molecule has 0 saturated carbocycles. The first-order chi connectivity index (χ1) is 9.49. The Kier molecular flexibility index (Phi) is 4.37. The maximum absolute atomic E-state index is 12.3. The molecule has 2 amide bonds. The SMILES string of the molecule is CC(=O)N1CCC(C(=O)Nc2ccnc(C)c2C)CC1. The second-order valence-corrected chi connectivity index (χ2v) is 5.34. The smallest absolute Gasteiger partial charge is 0.227 e. The Bertz CT molecular complexity index is 520. The average Bonchev–Trinajstić information content (AvgIpc) is 2.44. The van der Waals surface area contributed by atoms with Crippen molar-refractivity contribution in [2.45, 2.75) is 33.6 Å². The lowest BCUT2D eigenvalue weighted by molar-refractivity contribution is -0.132. The summed E-state index contributed by atoms with van der Waals surface area (Å²) in [7, 11) is 0. The Labute approximate surface area is 119 Å². The molecular formula is C15H21N3O2. The summed E-state index contributed by atoms with van der Waals surface area (Å²) in [5.41, 5.74) is 2.76. The highest BCUT2D eigenvalue weighted by atomic mass is 16.2. The molecule has 1 fully saturated rings. The molecule has 0 spiro atoms. The average molecular weight is 275 g/mol. The molecule has 5 heteroatoms. The minimum atomic E-state index is -0.0153. The number of carbonyl (C=O) groups is 2. The third kappa shape index (κ3) is 3.15. The van der Waals surface area contributed by atoms with Crippen LogP contribution in [0.1, 0.15) is 31.0 Å². The first kappa shape index (κ1) is 14.5. The number of aryl methyl sites for hydroxylation is 1. The van der Waals surface area contributed by atoms with Crippen molar-refractivity contribution in [2.24, 2.45) is 5.92 Å². The predicted molar refractivity (Wildman–Crippen MR) is 77.3 cm³/mol. The number of amides is 2. The summed E-state index contributed by atoms with van der Waals surface area (Å²) in [6.07, 6.45) is 3.17. The quantitative estimate of drug-likeness (QED) is 0.896. The van der Waals surface area contributed by atoms with Crippen LogP contribution in [0.3, 0.4) is 0 Å². The van der Waals surface area contributed by atoms with Crippen molar-refractivity contribution in [3.05, 3.63) is 23.5 Å². The molecule has 1 aliphatic heterocycles. The van der Waals surface area contributed by atoms with E-state index in [1.165, 1.54) is 0 Å². The molecule has 0 atom stereocenters. The summed E-state index contributed by atoms with van der Waals surface area (Å²) < 4.78 is 0. The third-order valence-corrected chi connectivity index (χ3v) is 4.03. The maximum atomic E-state index is 12.3. The van der Waals surface area contributed by atoms with Crippen LogP contribution in [0.5, 0.6) is 0 Å². The van der Waals surface area contributed by atoms with Gasteiger partial charge in [-0.2, -0.15) is 0 Å². The van der Waals surface area contributed by atoms with Crippen molar-refractivity contribution in [1.29, 1.82) is 0 Å². The van der Waals surface area contributed by atoms with Crippen molar-refractivity contribution >= 4 is 17.5 Å². The number of nitrogens with one attached hydrogen (secondary N) is 1. The molecule has 0 aromatic carbocycles. The number of nitrogens with zero attached hydrogens (tertiary/aromatic N) is 2. The van der Waals surface area contributed by atoms with Crippen molar-refractivity contribution in [1.82, 2.24) is 9.88 Å². The number of rotatable bonds is 2. The fourth-order valence-electron chi connectivity index (χ4n) is 2.47. The molecule has 5 nitrogen and oxygen atoms in total. The van der Waals surface area contributed by atoms with Crippen LogP contribution < -0.4 is 5.32 Å². The van der Waals surface area contributed by atoms with E-state index in [1.54, 1.807) is 18.0 Å². The molecule has 2 rings (SSSR count). The van der Waals surface area contributed by atoms with Crippen LogP contribution in [-0.4, -0.2) is 34.8 Å². The zero-order chi connectivity index (χ0) is 14.7. The van der Waals surface area contributed by atoms with E-state index in [2.05, 4.69) is 10.3 Å². The van der Waals surface area contributed by atoms with E-state index in [1.807, 2.05) is 19.9 Å². The number of hydrogen-bond acceptors (Lipinski definition) is 3. The Morgan fingerprint density at radius 3 is 2.55 bits per heavy atom. The zero-order valence-corrected chi connectivity index (χ0v) is 12.3. The molecule has 0 unspecified atom stereocenters. The van der Waals surface area contributed by atoms with E-state index in [-0.39, 0.29) is 17.7 Å². The highest BCUT2D eigenvalue weighted by molar-refractivity contribution is 5.93. The first-order valence-corrected chi connectivity index (χ1v) is 6.97. The first-order valence-electron chi connectivity index (χ1n) is 6.97. The van der Waals surface area contributed by atoms with Gasteiger partial charge in [0.25, 0.3) is 0 Å². The number of pyridine rings is 1. The van der Waals surface area contributed by atoms with Gasteiger partial charge in [-0.05, 0) is 38.3 Å². The van der Waals surface area contributed by atoms with Crippen LogP contribution in [0.25, 0.3) is 0 Å². The lowest BCUT2D eigenvalue weighted by Gasteiger charge is -2.30. The van der Waals surface area contributed by atoms with E-state index in [4.69, 9.17) is 0 Å². The molecule has 1 N–H and O–H groups in total. The summed E-state index contributed by atoms with van der Waals surface area (Å²) in [5.74, 6) is 0.116. The number of hydrogen-bond donors (Lipinski definition) is 1. The number of piperidine rings is 1. The number of aromatic nitrogens is 1. The highest BCUT2D eigenvalue weighted by Gasteiger charge is 2.26. The molecule has 2 heterocycles. The minimum Gasteiger partial charge on any atom is -0.343 e. The monoisotopic (exact) mass is 275 g/mol. The Hall–Kier alpha value is -1.91. The molecule has 1 aromatic rings. The van der Waals surface area contributed by atoms with Crippen LogP contribution in [0.15, 0.2) is 12.3 Å². The van der Waals surface area contributed by atoms with Gasteiger partial charge >= 0.3 is 0 Å². The number of likely N-dealkylation sites (tertiary alicyclic amines) is 1. The molecule has 1 aliphatic rings. The van der Waals surface area contributed by atoms with Crippen LogP contribution in [0.2, 0.25) is 0 Å². The Morgan fingerprint density at radius 2 is 1.95 bits per heavy atom. The Balaban J connectivity index is 1.96. The summed E-state index contributed by atoms with van der Waals surface area (Å²) in [4.78, 5) is 29.5. The molecular weight excluding hydrogens is 254 g/mol. The van der Waals surface area contributed by atoms with Gasteiger partial charge in [-0.15, -0.1) is 0 Å². The molecule has 0 aliphatic carbocycles. The van der Waals surface area contributed by atoms with E-state index in [0.29, 0.717) is 13.1 Å². The second kappa shape index (κ2) is 6.03. The summed E-state index contributed by atoms with van der Waals surface area (Å²) in [6.45, 7) is 6.79. The second-order valence-electron chi connectivity index (χ2n) is 5.34. The van der Waals surface area contributed by atoms with Crippen molar-refractivity contribution < 1.29 is 9.59 Å². The number of anilines is 1. The van der Waals surface area contributed by atoms with E-state index < -0.39 is 0 Å². The third-order valence-electron chi connectivity index (χ3n) is 4.03. The van der Waals surface area contributed by atoms with Gasteiger partial charge in [0, 0.05) is 43.5 Å². The molecule has 1 saturated heterocycles. The fraction of sp³-hybridized carbons (Fsp3) is 0.533. The van der Waals surface area contributed by atoms with Gasteiger partial charge in [0.2, 0.25) is 11.8 Å². The predicted octanol–water partition coefficient (Wildman–Crippen LogP) is 1.90. The maximum Gasteiger partial charge on any atom is 0.227 e. The normalized spacial score (nSPS) is 16.1. The standard InChI is InChI=1S/C15H21N3O2/c1-10-11(2)16-7-4-14(10)17-15(20)13-5-8-18(9-6-13)12(3)19/h4,7,13H,5-6,8-9H2,1-3H3,(H,16,17,20). The molecule has 0 radical (unpaired) electrons. The minimum absolute atomic E-state index is 0.0153. The molecule has 1 aromatic heterocycles. The van der Waals surface area contributed by atoms with Gasteiger partial charge in [-0.3, -0.25) is 14.6 Å². The van der Waals surface area contributed by atoms with E-state index in [9.17, 15) is 9.59 Å². The Morgan fingerprint density at radius 1 is 1.30 bits per heavy atom. The number of carbonyl (C=O) groups excluding carboxylic acids is 2. The van der Waals surface area contributed by atoms with Crippen LogP contribution in [0, 0.1) is 19.8 Å². The summed E-state index contributed by atoms with van der Waals surface area (Å²) in [5, 5.41) is 2.98. The van der Waals surface area contributed by atoms with Crippen molar-refractivity contribution in [2.75, 3.05) is 18.4 Å². The lowest BCUT2D eigenvalue weighted by atomic mass is 9.95. The lowest BCUT2D eigenvalue weighted by Crippen LogP contribution is -2.40. The molecule has 20 heavy (non-hydrogen) atoms. The van der Waals surface area contributed by atoms with Crippen LogP contribution >= 0.6 is 0 Å². The summed E-state index contributed by atoms with van der Waals surface area (Å²) in [6, 6.07) is 1.82. The van der Waals surface area contributed by atoms with Crippen LogP contribution in [-0.2, 0) is 9.59 Å². The van der Waals surface area contributed by atoms with Crippen LogP contribution in [0.4, 0.5) is 5.69 Å². The van der Waals surface area contributed by atoms with Crippen molar-refractivity contribution in [3.8, 4) is 0 Å². The van der Waals surface area contributed by atoms with Gasteiger partial charge in [-0.1, -0.05) is 0 Å². The highest BCUT2D eigenvalue weighted by Crippen LogP contribution is 2.21. The van der Waals surface area contributed by atoms with Gasteiger partial charge in [0.1, 0.15) is 0 Å². The van der Waals surface area contributed by atoms with Gasteiger partial charge in [0.15, 0.2) is 0 Å². The van der Waals surface area contributed by atoms with E-state index >= 15 is 0 Å². The topological polar surface area (TPSA) is 62.3 Å². The fourth-order valence-corrected chi connectivity index (χ4v) is 2.47. The van der Waals surface area contributed by atoms with Gasteiger partial charge in [0.05, 0.1) is 0 Å². The van der Waals surface area contributed by atoms with Gasteiger partial charge < -0.3 is 10.2 Å².